The third kappa shape index (κ3) is 2.79. The average Bonchev–Trinajstić information content (AvgIpc) is 2.97. The molecule has 1 fully saturated rings. The van der Waals surface area contributed by atoms with E-state index < -0.39 is 17.9 Å². The summed E-state index contributed by atoms with van der Waals surface area (Å²) in [6, 6.07) is 3.35. The van der Waals surface area contributed by atoms with E-state index in [1.54, 1.807) is 13.0 Å². The highest BCUT2D eigenvalue weighted by molar-refractivity contribution is 5.91. The van der Waals surface area contributed by atoms with Crippen LogP contribution in [0.25, 0.3) is 11.3 Å². The number of halogens is 2. The molecule has 0 bridgehead atoms. The summed E-state index contributed by atoms with van der Waals surface area (Å²) in [5, 5.41) is 13.4. The Bertz CT molecular complexity index is 788. The number of hydrogen-bond acceptors (Lipinski definition) is 4. The van der Waals surface area contributed by atoms with Gasteiger partial charge in [-0.3, -0.25) is 4.68 Å². The van der Waals surface area contributed by atoms with Gasteiger partial charge in [0.2, 0.25) is 0 Å². The molecule has 1 saturated carbocycles. The minimum atomic E-state index is -2.74. The van der Waals surface area contributed by atoms with Gasteiger partial charge >= 0.3 is 5.97 Å². The molecule has 0 amide bonds. The molecule has 0 aliphatic heterocycles. The number of carbonyl (C=O) groups is 1. The summed E-state index contributed by atoms with van der Waals surface area (Å²) in [4.78, 5) is 11.3. The number of carboxylic acids is 1. The maximum absolute atomic E-state index is 13.2. The summed E-state index contributed by atoms with van der Waals surface area (Å²) in [5.41, 5.74) is 0.732. The molecule has 1 unspecified atom stereocenters. The summed E-state index contributed by atoms with van der Waals surface area (Å²) in [5.74, 6) is -3.30. The maximum Gasteiger partial charge on any atom is 0.335 e. The van der Waals surface area contributed by atoms with Crippen LogP contribution in [0.3, 0.4) is 0 Å². The topological polar surface area (TPSA) is 73.6 Å². The third-order valence-corrected chi connectivity index (χ3v) is 3.81. The Labute approximate surface area is 136 Å². The van der Waals surface area contributed by atoms with Gasteiger partial charge in [-0.25, -0.2) is 13.6 Å². The number of ether oxygens (including phenoxy) is 2. The Balaban J connectivity index is 2.08. The van der Waals surface area contributed by atoms with Gasteiger partial charge < -0.3 is 14.6 Å². The first-order valence-corrected chi connectivity index (χ1v) is 7.39. The van der Waals surface area contributed by atoms with Crippen LogP contribution >= 0.6 is 0 Å². The quantitative estimate of drug-likeness (QED) is 0.875. The van der Waals surface area contributed by atoms with Gasteiger partial charge in [0, 0.05) is 18.2 Å². The van der Waals surface area contributed by atoms with Crippen LogP contribution in [0.15, 0.2) is 24.4 Å². The van der Waals surface area contributed by atoms with Gasteiger partial charge in [0.25, 0.3) is 5.92 Å². The van der Waals surface area contributed by atoms with E-state index in [2.05, 4.69) is 5.10 Å². The van der Waals surface area contributed by atoms with Crippen molar-refractivity contribution in [3.63, 3.8) is 0 Å². The van der Waals surface area contributed by atoms with Gasteiger partial charge in [-0.2, -0.15) is 5.10 Å². The normalized spacial score (nSPS) is 18.2. The lowest BCUT2D eigenvalue weighted by atomic mass is 10.1. The Morgan fingerprint density at radius 3 is 2.75 bits per heavy atom. The van der Waals surface area contributed by atoms with Gasteiger partial charge in [-0.1, -0.05) is 0 Å². The molecule has 1 atom stereocenters. The van der Waals surface area contributed by atoms with E-state index in [1.165, 1.54) is 30.1 Å². The number of benzene rings is 1. The van der Waals surface area contributed by atoms with Crippen LogP contribution in [0.1, 0.15) is 29.7 Å². The Kier molecular flexibility index (Phi) is 3.90. The molecule has 128 valence electrons. The molecule has 1 aromatic heterocycles. The second kappa shape index (κ2) is 5.77. The standard InChI is InChI=1S/C16H16F2N2O4/c1-3-24-14-10(6-9(15(21)22)7-12(14)23-2)11-4-5-20(19-11)13-8-16(13,17)18/h4-7,13H,3,8H2,1-2H3,(H,21,22). The summed E-state index contributed by atoms with van der Waals surface area (Å²) >= 11 is 0. The highest BCUT2D eigenvalue weighted by atomic mass is 19.3. The fourth-order valence-corrected chi connectivity index (χ4v) is 2.50. The van der Waals surface area contributed by atoms with Gasteiger partial charge in [-0.05, 0) is 25.1 Å². The van der Waals surface area contributed by atoms with Gasteiger partial charge in [-0.15, -0.1) is 0 Å². The van der Waals surface area contributed by atoms with E-state index in [-0.39, 0.29) is 17.7 Å². The monoisotopic (exact) mass is 338 g/mol. The van der Waals surface area contributed by atoms with Crippen molar-refractivity contribution in [2.45, 2.75) is 25.3 Å². The predicted octanol–water partition coefficient (Wildman–Crippen LogP) is 3.24. The first-order valence-electron chi connectivity index (χ1n) is 7.39. The van der Waals surface area contributed by atoms with Gasteiger partial charge in [0.1, 0.15) is 6.04 Å². The summed E-state index contributed by atoms with van der Waals surface area (Å²) in [6.07, 6.45) is 1.21. The molecule has 1 N–H and O–H groups in total. The van der Waals surface area contributed by atoms with Crippen molar-refractivity contribution >= 4 is 5.97 Å². The zero-order valence-corrected chi connectivity index (χ0v) is 13.1. The van der Waals surface area contributed by atoms with E-state index in [4.69, 9.17) is 9.47 Å². The lowest BCUT2D eigenvalue weighted by Crippen LogP contribution is -2.04. The highest BCUT2D eigenvalue weighted by Gasteiger charge is 2.59. The third-order valence-electron chi connectivity index (χ3n) is 3.81. The number of alkyl halides is 2. The van der Waals surface area contributed by atoms with Crippen molar-refractivity contribution in [2.75, 3.05) is 13.7 Å². The van der Waals surface area contributed by atoms with Crippen molar-refractivity contribution in [3.05, 3.63) is 30.0 Å². The number of methoxy groups -OCH3 is 1. The highest BCUT2D eigenvalue weighted by Crippen LogP contribution is 2.52. The molecule has 3 rings (SSSR count). The number of carboxylic acid groups (broad SMARTS) is 1. The van der Waals surface area contributed by atoms with E-state index in [9.17, 15) is 18.7 Å². The molecule has 0 spiro atoms. The van der Waals surface area contributed by atoms with Crippen LogP contribution in [-0.4, -0.2) is 40.5 Å². The number of rotatable bonds is 6. The fraction of sp³-hybridized carbons (Fsp3) is 0.375. The molecule has 0 saturated heterocycles. The van der Waals surface area contributed by atoms with Crippen molar-refractivity contribution in [2.24, 2.45) is 0 Å². The fourth-order valence-electron chi connectivity index (χ4n) is 2.50. The van der Waals surface area contributed by atoms with Crippen molar-refractivity contribution in [1.82, 2.24) is 9.78 Å². The van der Waals surface area contributed by atoms with Crippen LogP contribution in [0.2, 0.25) is 0 Å². The van der Waals surface area contributed by atoms with Crippen LogP contribution in [0.4, 0.5) is 8.78 Å². The SMILES string of the molecule is CCOc1c(OC)cc(C(=O)O)cc1-c1ccn(C2CC2(F)F)n1. The Hall–Kier alpha value is -2.64. The zero-order valence-electron chi connectivity index (χ0n) is 13.1. The smallest absolute Gasteiger partial charge is 0.335 e. The van der Waals surface area contributed by atoms with E-state index in [0.29, 0.717) is 23.6 Å². The lowest BCUT2D eigenvalue weighted by Gasteiger charge is -2.14. The van der Waals surface area contributed by atoms with Crippen molar-refractivity contribution < 1.29 is 28.2 Å². The number of nitrogens with zero attached hydrogens (tertiary/aromatic N) is 2. The van der Waals surface area contributed by atoms with Crippen molar-refractivity contribution in [1.29, 1.82) is 0 Å². The summed E-state index contributed by atoms with van der Waals surface area (Å²) in [6.45, 7) is 2.11. The van der Waals surface area contributed by atoms with Gasteiger partial charge in [0.15, 0.2) is 11.5 Å². The molecule has 0 radical (unpaired) electrons. The second-order valence-corrected chi connectivity index (χ2v) is 5.46. The largest absolute Gasteiger partial charge is 0.493 e. The lowest BCUT2D eigenvalue weighted by molar-refractivity contribution is 0.0696. The van der Waals surface area contributed by atoms with E-state index in [0.717, 1.165) is 0 Å². The van der Waals surface area contributed by atoms with E-state index >= 15 is 0 Å². The molecule has 1 aromatic carbocycles. The Morgan fingerprint density at radius 2 is 2.21 bits per heavy atom. The molecule has 1 aliphatic rings. The second-order valence-electron chi connectivity index (χ2n) is 5.46. The molecule has 24 heavy (non-hydrogen) atoms. The van der Waals surface area contributed by atoms with Gasteiger partial charge in [0.05, 0.1) is 25.0 Å². The Morgan fingerprint density at radius 1 is 1.50 bits per heavy atom. The molecular weight excluding hydrogens is 322 g/mol. The molecule has 1 aliphatic carbocycles. The summed E-state index contributed by atoms with van der Waals surface area (Å²) < 4.78 is 38.4. The summed E-state index contributed by atoms with van der Waals surface area (Å²) in [7, 11) is 1.40. The van der Waals surface area contributed by atoms with Crippen LogP contribution in [0.5, 0.6) is 11.5 Å². The van der Waals surface area contributed by atoms with E-state index in [1.807, 2.05) is 0 Å². The minimum Gasteiger partial charge on any atom is -0.493 e. The first-order chi connectivity index (χ1) is 11.4. The first kappa shape index (κ1) is 16.2. The average molecular weight is 338 g/mol. The molecule has 1 heterocycles. The number of hydrogen-bond donors (Lipinski definition) is 1. The molecule has 6 nitrogen and oxygen atoms in total. The molecule has 8 heteroatoms. The van der Waals surface area contributed by atoms with Crippen molar-refractivity contribution in [3.8, 4) is 22.8 Å². The predicted molar refractivity (Wildman–Crippen MR) is 80.9 cm³/mol. The minimum absolute atomic E-state index is 0.00314. The van der Waals surface area contributed by atoms with Crippen LogP contribution < -0.4 is 9.47 Å². The maximum atomic E-state index is 13.2. The van der Waals surface area contributed by atoms with Crippen LogP contribution in [-0.2, 0) is 0 Å². The van der Waals surface area contributed by atoms with Crippen LogP contribution in [0, 0.1) is 0 Å². The zero-order chi connectivity index (χ0) is 17.5. The number of aromatic nitrogens is 2. The molecular formula is C16H16F2N2O4. The number of aromatic carboxylic acids is 1. The molecule has 2 aromatic rings.